The fourth-order valence-electron chi connectivity index (χ4n) is 1.16. The lowest BCUT2D eigenvalue weighted by atomic mass is 10.1. The van der Waals surface area contributed by atoms with E-state index in [4.69, 9.17) is 5.73 Å². The maximum absolute atomic E-state index is 11.5. The normalized spacial score (nSPS) is 10.2. The third-order valence-corrected chi connectivity index (χ3v) is 3.20. The Labute approximate surface area is 125 Å². The molecule has 1 heterocycles. The van der Waals surface area contributed by atoms with Gasteiger partial charge in [-0.05, 0) is 20.3 Å². The molecule has 0 aliphatic rings. The molecular formula is C11H21Cl2N3OS. The topological polar surface area (TPSA) is 68.0 Å². The molecule has 0 aromatic carbocycles. The molecule has 0 aliphatic carbocycles. The fourth-order valence-corrected chi connectivity index (χ4v) is 1.94. The highest BCUT2D eigenvalue weighted by molar-refractivity contribution is 7.09. The van der Waals surface area contributed by atoms with Gasteiger partial charge in [-0.3, -0.25) is 4.79 Å². The van der Waals surface area contributed by atoms with E-state index in [1.165, 1.54) is 0 Å². The summed E-state index contributed by atoms with van der Waals surface area (Å²) in [5.41, 5.74) is 5.89. The highest BCUT2D eigenvalue weighted by atomic mass is 35.5. The molecule has 4 nitrogen and oxygen atoms in total. The molecular weight excluding hydrogens is 293 g/mol. The Morgan fingerprint density at radius 3 is 2.56 bits per heavy atom. The first-order valence-electron chi connectivity index (χ1n) is 5.44. The van der Waals surface area contributed by atoms with E-state index in [1.54, 1.807) is 25.2 Å². The van der Waals surface area contributed by atoms with Gasteiger partial charge in [-0.15, -0.1) is 36.2 Å². The van der Waals surface area contributed by atoms with Gasteiger partial charge in [0.1, 0.15) is 0 Å². The SMILES string of the molecule is CCc1nc(CCNC(=O)C(C)(C)N)cs1.Cl.Cl. The van der Waals surface area contributed by atoms with Crippen LogP contribution in [0.4, 0.5) is 0 Å². The lowest BCUT2D eigenvalue weighted by molar-refractivity contribution is -0.125. The molecule has 7 heteroatoms. The monoisotopic (exact) mass is 313 g/mol. The summed E-state index contributed by atoms with van der Waals surface area (Å²) in [6, 6.07) is 0. The number of carbonyl (C=O) groups is 1. The first-order valence-corrected chi connectivity index (χ1v) is 6.32. The number of nitrogens with two attached hydrogens (primary N) is 1. The summed E-state index contributed by atoms with van der Waals surface area (Å²) in [6.07, 6.45) is 1.73. The van der Waals surface area contributed by atoms with Crippen molar-refractivity contribution in [3.8, 4) is 0 Å². The minimum absolute atomic E-state index is 0. The van der Waals surface area contributed by atoms with E-state index in [2.05, 4.69) is 17.2 Å². The Morgan fingerprint density at radius 1 is 1.50 bits per heavy atom. The van der Waals surface area contributed by atoms with Gasteiger partial charge in [0.25, 0.3) is 0 Å². The Hall–Kier alpha value is -0.360. The minimum atomic E-state index is -0.809. The lowest BCUT2D eigenvalue weighted by Crippen LogP contribution is -2.49. The smallest absolute Gasteiger partial charge is 0.239 e. The van der Waals surface area contributed by atoms with Crippen LogP contribution in [0, 0.1) is 0 Å². The van der Waals surface area contributed by atoms with Gasteiger partial charge in [-0.2, -0.15) is 0 Å². The largest absolute Gasteiger partial charge is 0.354 e. The van der Waals surface area contributed by atoms with E-state index in [-0.39, 0.29) is 30.7 Å². The van der Waals surface area contributed by atoms with Gasteiger partial charge in [0.05, 0.1) is 16.2 Å². The van der Waals surface area contributed by atoms with Crippen molar-refractivity contribution < 1.29 is 4.79 Å². The standard InChI is InChI=1S/C11H19N3OS.2ClH/c1-4-9-14-8(7-16-9)5-6-13-10(15)11(2,3)12;;/h7H,4-6,12H2,1-3H3,(H,13,15);2*1H. The number of thiazole rings is 1. The second kappa shape index (κ2) is 8.69. The van der Waals surface area contributed by atoms with Crippen LogP contribution in [0.15, 0.2) is 5.38 Å². The molecule has 0 spiro atoms. The van der Waals surface area contributed by atoms with Crippen LogP contribution in [0.25, 0.3) is 0 Å². The van der Waals surface area contributed by atoms with Crippen LogP contribution in [0.3, 0.4) is 0 Å². The Kier molecular flexibility index (Phi) is 9.64. The molecule has 3 N–H and O–H groups in total. The van der Waals surface area contributed by atoms with Crippen molar-refractivity contribution in [2.45, 2.75) is 39.2 Å². The summed E-state index contributed by atoms with van der Waals surface area (Å²) in [7, 11) is 0. The van der Waals surface area contributed by atoms with Gasteiger partial charge in [-0.1, -0.05) is 6.92 Å². The zero-order valence-electron chi connectivity index (χ0n) is 10.9. The number of rotatable bonds is 5. The molecule has 0 fully saturated rings. The number of hydrogen-bond donors (Lipinski definition) is 2. The Morgan fingerprint density at radius 2 is 2.11 bits per heavy atom. The number of amides is 1. The molecule has 0 atom stereocenters. The van der Waals surface area contributed by atoms with Crippen molar-refractivity contribution in [2.75, 3.05) is 6.54 Å². The zero-order valence-corrected chi connectivity index (χ0v) is 13.3. The first kappa shape index (κ1) is 20.0. The molecule has 0 aliphatic heterocycles. The second-order valence-corrected chi connectivity index (χ2v) is 5.26. The summed E-state index contributed by atoms with van der Waals surface area (Å²) in [5, 5.41) is 5.98. The number of nitrogens with zero attached hydrogens (tertiary/aromatic N) is 1. The van der Waals surface area contributed by atoms with Crippen LogP contribution in [-0.4, -0.2) is 23.0 Å². The quantitative estimate of drug-likeness (QED) is 0.873. The van der Waals surface area contributed by atoms with Crippen molar-refractivity contribution in [1.29, 1.82) is 0 Å². The van der Waals surface area contributed by atoms with Gasteiger partial charge in [-0.25, -0.2) is 4.98 Å². The number of carbonyl (C=O) groups excluding carboxylic acids is 1. The highest BCUT2D eigenvalue weighted by Crippen LogP contribution is 2.10. The van der Waals surface area contributed by atoms with Gasteiger partial charge >= 0.3 is 0 Å². The molecule has 0 radical (unpaired) electrons. The van der Waals surface area contributed by atoms with Gasteiger partial charge in [0.2, 0.25) is 5.91 Å². The number of aromatic nitrogens is 1. The number of hydrogen-bond acceptors (Lipinski definition) is 4. The molecule has 18 heavy (non-hydrogen) atoms. The highest BCUT2D eigenvalue weighted by Gasteiger charge is 2.20. The number of aryl methyl sites for hydroxylation is 1. The summed E-state index contributed by atoms with van der Waals surface area (Å²) >= 11 is 1.67. The maximum Gasteiger partial charge on any atom is 0.239 e. The van der Waals surface area contributed by atoms with E-state index in [0.717, 1.165) is 23.5 Å². The number of nitrogens with one attached hydrogen (secondary N) is 1. The van der Waals surface area contributed by atoms with Crippen molar-refractivity contribution in [2.24, 2.45) is 5.73 Å². The van der Waals surface area contributed by atoms with Crippen molar-refractivity contribution in [3.63, 3.8) is 0 Å². The Bertz CT molecular complexity index is 363. The van der Waals surface area contributed by atoms with E-state index in [9.17, 15) is 4.79 Å². The predicted molar refractivity (Wildman–Crippen MR) is 81.0 cm³/mol. The number of halogens is 2. The second-order valence-electron chi connectivity index (χ2n) is 4.31. The third-order valence-electron chi connectivity index (χ3n) is 2.15. The van der Waals surface area contributed by atoms with E-state index >= 15 is 0 Å². The van der Waals surface area contributed by atoms with Gasteiger partial charge in [0, 0.05) is 18.3 Å². The summed E-state index contributed by atoms with van der Waals surface area (Å²) < 4.78 is 0. The van der Waals surface area contributed by atoms with E-state index in [0.29, 0.717) is 6.54 Å². The molecule has 1 amide bonds. The van der Waals surface area contributed by atoms with Crippen LogP contribution in [0.5, 0.6) is 0 Å². The minimum Gasteiger partial charge on any atom is -0.354 e. The van der Waals surface area contributed by atoms with Gasteiger partial charge in [0.15, 0.2) is 0 Å². The van der Waals surface area contributed by atoms with Gasteiger partial charge < -0.3 is 11.1 Å². The van der Waals surface area contributed by atoms with Crippen molar-refractivity contribution in [3.05, 3.63) is 16.1 Å². The molecule has 1 aromatic heterocycles. The first-order chi connectivity index (χ1) is 7.43. The van der Waals surface area contributed by atoms with E-state index in [1.807, 2.05) is 5.38 Å². The summed E-state index contributed by atoms with van der Waals surface area (Å²) in [4.78, 5) is 15.9. The third kappa shape index (κ3) is 6.54. The van der Waals surface area contributed by atoms with Crippen molar-refractivity contribution >= 4 is 42.1 Å². The van der Waals surface area contributed by atoms with Crippen LogP contribution in [-0.2, 0) is 17.6 Å². The molecule has 0 unspecified atom stereocenters. The molecule has 0 bridgehead atoms. The average Bonchev–Trinajstić information content (AvgIpc) is 2.64. The van der Waals surface area contributed by atoms with Crippen molar-refractivity contribution in [1.82, 2.24) is 10.3 Å². The lowest BCUT2D eigenvalue weighted by Gasteiger charge is -2.17. The summed E-state index contributed by atoms with van der Waals surface area (Å²) in [6.45, 7) is 6.06. The van der Waals surface area contributed by atoms with Crippen LogP contribution >= 0.6 is 36.2 Å². The van der Waals surface area contributed by atoms with Crippen LogP contribution < -0.4 is 11.1 Å². The molecule has 1 rings (SSSR count). The molecule has 1 aromatic rings. The average molecular weight is 314 g/mol. The molecule has 0 saturated carbocycles. The predicted octanol–water partition coefficient (Wildman–Crippen LogP) is 1.95. The maximum atomic E-state index is 11.5. The molecule has 106 valence electrons. The van der Waals surface area contributed by atoms with Crippen LogP contribution in [0.1, 0.15) is 31.5 Å². The Balaban J connectivity index is 0. The van der Waals surface area contributed by atoms with E-state index < -0.39 is 5.54 Å². The molecule has 0 saturated heterocycles. The zero-order chi connectivity index (χ0) is 12.2. The summed E-state index contributed by atoms with van der Waals surface area (Å²) in [5.74, 6) is -0.126. The van der Waals surface area contributed by atoms with Crippen LogP contribution in [0.2, 0.25) is 0 Å². The fraction of sp³-hybridized carbons (Fsp3) is 0.636.